The van der Waals surface area contributed by atoms with Crippen LogP contribution in [0.1, 0.15) is 21.6 Å². The first-order valence-corrected chi connectivity index (χ1v) is 11.5. The zero-order chi connectivity index (χ0) is 24.8. The average Bonchev–Trinajstić information content (AvgIpc) is 3.26. The molecule has 0 spiro atoms. The third kappa shape index (κ3) is 5.77. The molecule has 0 aliphatic carbocycles. The summed E-state index contributed by atoms with van der Waals surface area (Å²) in [5, 5.41) is 13.0. The minimum absolute atomic E-state index is 0.307. The van der Waals surface area contributed by atoms with Crippen LogP contribution in [-0.4, -0.2) is 59.2 Å². The molecule has 2 heterocycles. The van der Waals surface area contributed by atoms with Crippen molar-refractivity contribution in [3.63, 3.8) is 0 Å². The highest BCUT2D eigenvalue weighted by molar-refractivity contribution is 5.95. The Morgan fingerprint density at radius 1 is 1.20 bits per heavy atom. The van der Waals surface area contributed by atoms with Crippen LogP contribution in [0.2, 0.25) is 0 Å². The van der Waals surface area contributed by atoms with E-state index in [1.54, 1.807) is 29.7 Å². The number of nitrogens with zero attached hydrogens (tertiary/aromatic N) is 2. The summed E-state index contributed by atoms with van der Waals surface area (Å²) < 4.78 is 5.91. The van der Waals surface area contributed by atoms with Crippen LogP contribution >= 0.6 is 0 Å². The third-order valence-corrected chi connectivity index (χ3v) is 6.16. The molecule has 0 bridgehead atoms. The van der Waals surface area contributed by atoms with Gasteiger partial charge in [-0.2, -0.15) is 0 Å². The number of benzene rings is 2. The standard InChI is InChI=1S/C27H28N4O4/c1-3-13-31-16-23(27(33)30-34)25(17-31)29-26(32)19-8-10-21(11-9-19)35-14-12-20-15-18(2)28-24-7-5-4-6-22(20)24/h1,4-11,15,23,25,34H,12-14,16-17H2,2H3,(H,29,32)(H,30,33). The Kier molecular flexibility index (Phi) is 7.60. The van der Waals surface area contributed by atoms with E-state index >= 15 is 0 Å². The Bertz CT molecular complexity index is 1250. The number of aryl methyl sites for hydroxylation is 1. The van der Waals surface area contributed by atoms with E-state index in [-0.39, 0.29) is 5.91 Å². The lowest BCUT2D eigenvalue weighted by molar-refractivity contribution is -0.133. The average molecular weight is 473 g/mol. The van der Waals surface area contributed by atoms with Gasteiger partial charge in [-0.25, -0.2) is 5.48 Å². The number of ether oxygens (including phenoxy) is 1. The molecule has 1 aliphatic rings. The monoisotopic (exact) mass is 472 g/mol. The molecule has 1 aromatic heterocycles. The Hall–Kier alpha value is -3.93. The van der Waals surface area contributed by atoms with Gasteiger partial charge < -0.3 is 10.1 Å². The van der Waals surface area contributed by atoms with Crippen LogP contribution in [0.15, 0.2) is 54.6 Å². The highest BCUT2D eigenvalue weighted by Gasteiger charge is 2.38. The SMILES string of the molecule is C#CCN1CC(NC(=O)c2ccc(OCCc3cc(C)nc4ccccc34)cc2)C(C(=O)NO)C1. The summed E-state index contributed by atoms with van der Waals surface area (Å²) in [5.74, 6) is 1.76. The van der Waals surface area contributed by atoms with Crippen molar-refractivity contribution < 1.29 is 19.5 Å². The molecule has 8 nitrogen and oxygen atoms in total. The second kappa shape index (κ2) is 11.0. The molecule has 2 aromatic carbocycles. The molecule has 2 unspecified atom stereocenters. The van der Waals surface area contributed by atoms with E-state index in [9.17, 15) is 9.59 Å². The maximum atomic E-state index is 12.8. The minimum Gasteiger partial charge on any atom is -0.493 e. The summed E-state index contributed by atoms with van der Waals surface area (Å²) in [5.41, 5.74) is 5.25. The fourth-order valence-electron chi connectivity index (χ4n) is 4.47. The van der Waals surface area contributed by atoms with Crippen molar-refractivity contribution >= 4 is 22.7 Å². The van der Waals surface area contributed by atoms with E-state index in [4.69, 9.17) is 16.4 Å². The highest BCUT2D eigenvalue weighted by atomic mass is 16.5. The van der Waals surface area contributed by atoms with Gasteiger partial charge in [0.25, 0.3) is 5.91 Å². The fourth-order valence-corrected chi connectivity index (χ4v) is 4.47. The minimum atomic E-state index is -0.590. The zero-order valence-electron chi connectivity index (χ0n) is 19.5. The van der Waals surface area contributed by atoms with Crippen molar-refractivity contribution in [1.29, 1.82) is 0 Å². The molecular formula is C27H28N4O4. The number of amides is 2. The van der Waals surface area contributed by atoms with E-state index in [0.717, 1.165) is 23.0 Å². The molecule has 1 saturated heterocycles. The van der Waals surface area contributed by atoms with Gasteiger partial charge in [-0.1, -0.05) is 24.1 Å². The Labute approximate surface area is 204 Å². The van der Waals surface area contributed by atoms with Crippen molar-refractivity contribution in [3.05, 3.63) is 71.4 Å². The molecule has 180 valence electrons. The van der Waals surface area contributed by atoms with Crippen molar-refractivity contribution in [2.75, 3.05) is 26.2 Å². The first-order chi connectivity index (χ1) is 17.0. The number of fused-ring (bicyclic) bond motifs is 1. The number of hydroxylamine groups is 1. The number of carbonyl (C=O) groups is 2. The third-order valence-electron chi connectivity index (χ3n) is 6.16. The first kappa shape index (κ1) is 24.2. The molecule has 1 aliphatic heterocycles. The van der Waals surface area contributed by atoms with Gasteiger partial charge in [0.1, 0.15) is 5.75 Å². The molecule has 3 N–H and O–H groups in total. The molecule has 4 rings (SSSR count). The predicted molar refractivity (Wildman–Crippen MR) is 132 cm³/mol. The van der Waals surface area contributed by atoms with E-state index in [2.05, 4.69) is 28.4 Å². The van der Waals surface area contributed by atoms with E-state index < -0.39 is 17.9 Å². The Morgan fingerprint density at radius 2 is 1.97 bits per heavy atom. The number of hydrogen-bond acceptors (Lipinski definition) is 6. The molecule has 3 aromatic rings. The summed E-state index contributed by atoms with van der Waals surface area (Å²) in [4.78, 5) is 31.3. The normalized spacial score (nSPS) is 17.6. The highest BCUT2D eigenvalue weighted by Crippen LogP contribution is 2.21. The van der Waals surface area contributed by atoms with Crippen LogP contribution in [0.25, 0.3) is 10.9 Å². The number of carbonyl (C=O) groups excluding carboxylic acids is 2. The number of pyridine rings is 1. The summed E-state index contributed by atoms with van der Waals surface area (Å²) in [6.07, 6.45) is 6.10. The molecule has 1 fully saturated rings. The van der Waals surface area contributed by atoms with Crippen LogP contribution < -0.4 is 15.5 Å². The summed E-state index contributed by atoms with van der Waals surface area (Å²) >= 11 is 0. The van der Waals surface area contributed by atoms with Gasteiger partial charge in [0.15, 0.2) is 0 Å². The molecule has 35 heavy (non-hydrogen) atoms. The molecule has 2 amide bonds. The molecular weight excluding hydrogens is 444 g/mol. The lowest BCUT2D eigenvalue weighted by atomic mass is 10.0. The van der Waals surface area contributed by atoms with Crippen molar-refractivity contribution in [1.82, 2.24) is 20.7 Å². The Morgan fingerprint density at radius 3 is 2.71 bits per heavy atom. The summed E-state index contributed by atoms with van der Waals surface area (Å²) in [6.45, 7) is 3.63. The molecule has 8 heteroatoms. The second-order valence-corrected chi connectivity index (χ2v) is 8.62. The maximum Gasteiger partial charge on any atom is 0.251 e. The van der Waals surface area contributed by atoms with Gasteiger partial charge in [0.2, 0.25) is 5.91 Å². The van der Waals surface area contributed by atoms with Crippen molar-refractivity contribution in [2.24, 2.45) is 5.92 Å². The van der Waals surface area contributed by atoms with E-state index in [1.807, 2.05) is 30.0 Å². The van der Waals surface area contributed by atoms with Gasteiger partial charge >= 0.3 is 0 Å². The number of nitrogens with one attached hydrogen (secondary N) is 2. The topological polar surface area (TPSA) is 104 Å². The van der Waals surface area contributed by atoms with Crippen LogP contribution in [0.3, 0.4) is 0 Å². The van der Waals surface area contributed by atoms with Crippen molar-refractivity contribution in [2.45, 2.75) is 19.4 Å². The zero-order valence-corrected chi connectivity index (χ0v) is 19.5. The van der Waals surface area contributed by atoms with Gasteiger partial charge in [-0.15, -0.1) is 6.42 Å². The van der Waals surface area contributed by atoms with Gasteiger partial charge in [0, 0.05) is 36.2 Å². The first-order valence-electron chi connectivity index (χ1n) is 11.5. The maximum absolute atomic E-state index is 12.8. The summed E-state index contributed by atoms with van der Waals surface area (Å²) in [7, 11) is 0. The van der Waals surface area contributed by atoms with Crippen LogP contribution in [0.4, 0.5) is 0 Å². The lowest BCUT2D eigenvalue weighted by Crippen LogP contribution is -2.45. The number of terminal acetylenes is 1. The fraction of sp³-hybridized carbons (Fsp3) is 0.296. The van der Waals surface area contributed by atoms with Crippen LogP contribution in [-0.2, 0) is 11.2 Å². The van der Waals surface area contributed by atoms with Gasteiger partial charge in [-0.3, -0.25) is 24.7 Å². The molecule has 0 radical (unpaired) electrons. The lowest BCUT2D eigenvalue weighted by Gasteiger charge is -2.18. The second-order valence-electron chi connectivity index (χ2n) is 8.62. The van der Waals surface area contributed by atoms with Crippen LogP contribution in [0, 0.1) is 25.2 Å². The Balaban J connectivity index is 1.34. The number of para-hydroxylation sites is 1. The smallest absolute Gasteiger partial charge is 0.251 e. The van der Waals surface area contributed by atoms with Crippen LogP contribution in [0.5, 0.6) is 5.75 Å². The molecule has 2 atom stereocenters. The molecule has 0 saturated carbocycles. The number of hydrogen-bond donors (Lipinski definition) is 3. The number of rotatable bonds is 8. The predicted octanol–water partition coefficient (Wildman–Crippen LogP) is 2.33. The summed E-state index contributed by atoms with van der Waals surface area (Å²) in [6, 6.07) is 16.6. The largest absolute Gasteiger partial charge is 0.493 e. The van der Waals surface area contributed by atoms with Crippen molar-refractivity contribution in [3.8, 4) is 18.1 Å². The quantitative estimate of drug-likeness (QED) is 0.264. The van der Waals surface area contributed by atoms with Gasteiger partial charge in [0.05, 0.1) is 30.6 Å². The number of likely N-dealkylation sites (tertiary alicyclic amines) is 1. The number of aromatic nitrogens is 1. The van der Waals surface area contributed by atoms with E-state index in [1.165, 1.54) is 5.56 Å². The van der Waals surface area contributed by atoms with E-state index in [0.29, 0.717) is 37.6 Å². The van der Waals surface area contributed by atoms with Gasteiger partial charge in [-0.05, 0) is 48.9 Å².